The highest BCUT2D eigenvalue weighted by atomic mass is 32.2. The Kier molecular flexibility index (Phi) is 4.08. The summed E-state index contributed by atoms with van der Waals surface area (Å²) in [5.41, 5.74) is 2.01. The number of aromatic nitrogens is 2. The molecule has 0 saturated carbocycles. The molecule has 4 nitrogen and oxygen atoms in total. The first-order valence-electron chi connectivity index (χ1n) is 6.31. The first-order valence-corrected chi connectivity index (χ1v) is 8.41. The molecule has 0 bridgehead atoms. The van der Waals surface area contributed by atoms with Crippen molar-refractivity contribution in [2.75, 3.05) is 11.6 Å². The number of thiophene rings is 1. The molecule has 0 aliphatic carbocycles. The van der Waals surface area contributed by atoms with E-state index >= 15 is 0 Å². The van der Waals surface area contributed by atoms with Crippen LogP contribution in [0.5, 0.6) is 0 Å². The predicted octanol–water partition coefficient (Wildman–Crippen LogP) is 4.11. The summed E-state index contributed by atoms with van der Waals surface area (Å²) in [7, 11) is 0. The maximum atomic E-state index is 12.2. The van der Waals surface area contributed by atoms with E-state index in [0.717, 1.165) is 21.2 Å². The van der Waals surface area contributed by atoms with Crippen molar-refractivity contribution >= 4 is 34.7 Å². The number of hydrogen-bond acceptors (Lipinski definition) is 4. The van der Waals surface area contributed by atoms with Gasteiger partial charge in [-0.15, -0.1) is 23.1 Å². The lowest BCUT2D eigenvalue weighted by Gasteiger charge is -2.04. The third-order valence-electron chi connectivity index (χ3n) is 2.92. The number of nitrogens with zero attached hydrogens (tertiary/aromatic N) is 1. The van der Waals surface area contributed by atoms with E-state index in [1.165, 1.54) is 0 Å². The highest BCUT2D eigenvalue weighted by Gasteiger charge is 2.12. The molecule has 0 saturated heterocycles. The first-order chi connectivity index (χ1) is 10.3. The molecule has 0 unspecified atom stereocenters. The Labute approximate surface area is 130 Å². The fraction of sp³-hybridized carbons (Fsp3) is 0.0667. The molecule has 2 aromatic heterocycles. The summed E-state index contributed by atoms with van der Waals surface area (Å²) in [4.78, 5) is 14.4. The summed E-state index contributed by atoms with van der Waals surface area (Å²) in [5, 5.41) is 11.8. The molecule has 1 amide bonds. The van der Waals surface area contributed by atoms with Crippen molar-refractivity contribution in [2.24, 2.45) is 0 Å². The predicted molar refractivity (Wildman–Crippen MR) is 88.1 cm³/mol. The Balaban J connectivity index is 1.76. The molecule has 0 radical (unpaired) electrons. The standard InChI is InChI=1S/C15H13N3OS2/c1-20-11-5-2-4-10(8-11)16-15(19)13-9-12(17-18-13)14-6-3-7-21-14/h2-9H,1H3,(H,16,19)(H,17,18). The zero-order valence-corrected chi connectivity index (χ0v) is 12.9. The van der Waals surface area contributed by atoms with Crippen LogP contribution >= 0.6 is 23.1 Å². The monoisotopic (exact) mass is 315 g/mol. The fourth-order valence-corrected chi connectivity index (χ4v) is 3.04. The number of thioether (sulfide) groups is 1. The van der Waals surface area contributed by atoms with Crippen LogP contribution < -0.4 is 5.32 Å². The van der Waals surface area contributed by atoms with E-state index < -0.39 is 0 Å². The summed E-state index contributed by atoms with van der Waals surface area (Å²) in [6.45, 7) is 0. The quantitative estimate of drug-likeness (QED) is 0.712. The smallest absolute Gasteiger partial charge is 0.276 e. The number of benzene rings is 1. The molecule has 0 aliphatic heterocycles. The molecule has 3 rings (SSSR count). The van der Waals surface area contributed by atoms with Crippen molar-refractivity contribution in [1.29, 1.82) is 0 Å². The molecule has 0 spiro atoms. The Hall–Kier alpha value is -2.05. The second-order valence-electron chi connectivity index (χ2n) is 4.33. The van der Waals surface area contributed by atoms with Crippen molar-refractivity contribution in [1.82, 2.24) is 10.2 Å². The van der Waals surface area contributed by atoms with Crippen molar-refractivity contribution in [3.05, 3.63) is 53.5 Å². The minimum Gasteiger partial charge on any atom is -0.321 e. The van der Waals surface area contributed by atoms with E-state index in [1.54, 1.807) is 29.2 Å². The Bertz CT molecular complexity index is 750. The van der Waals surface area contributed by atoms with Gasteiger partial charge in [-0.3, -0.25) is 9.89 Å². The number of hydrogen-bond donors (Lipinski definition) is 2. The normalized spacial score (nSPS) is 10.5. The number of anilines is 1. The average molecular weight is 315 g/mol. The molecule has 3 aromatic rings. The Morgan fingerprint density at radius 1 is 1.29 bits per heavy atom. The van der Waals surface area contributed by atoms with Gasteiger partial charge in [0.2, 0.25) is 0 Å². The number of rotatable bonds is 4. The van der Waals surface area contributed by atoms with Gasteiger partial charge < -0.3 is 5.32 Å². The minimum absolute atomic E-state index is 0.215. The van der Waals surface area contributed by atoms with E-state index in [-0.39, 0.29) is 5.91 Å². The van der Waals surface area contributed by atoms with Crippen LogP contribution in [0.4, 0.5) is 5.69 Å². The van der Waals surface area contributed by atoms with E-state index in [2.05, 4.69) is 15.5 Å². The maximum Gasteiger partial charge on any atom is 0.276 e. The number of carbonyl (C=O) groups is 1. The summed E-state index contributed by atoms with van der Waals surface area (Å²) in [6.07, 6.45) is 2.00. The van der Waals surface area contributed by atoms with Crippen molar-refractivity contribution in [3.63, 3.8) is 0 Å². The summed E-state index contributed by atoms with van der Waals surface area (Å²) in [5.74, 6) is -0.215. The number of H-pyrrole nitrogens is 1. The van der Waals surface area contributed by atoms with Gasteiger partial charge in [0.1, 0.15) is 0 Å². The third kappa shape index (κ3) is 3.17. The molecule has 106 valence electrons. The van der Waals surface area contributed by atoms with Gasteiger partial charge in [-0.05, 0) is 42.0 Å². The molecule has 0 atom stereocenters. The molecular weight excluding hydrogens is 302 g/mol. The number of amides is 1. The van der Waals surface area contributed by atoms with Crippen LogP contribution in [0.25, 0.3) is 10.6 Å². The van der Waals surface area contributed by atoms with Gasteiger partial charge in [-0.1, -0.05) is 12.1 Å². The van der Waals surface area contributed by atoms with Gasteiger partial charge in [0, 0.05) is 10.6 Å². The Morgan fingerprint density at radius 2 is 2.19 bits per heavy atom. The average Bonchev–Trinajstić information content (AvgIpc) is 3.18. The molecular formula is C15H13N3OS2. The van der Waals surface area contributed by atoms with Crippen LogP contribution in [-0.4, -0.2) is 22.4 Å². The van der Waals surface area contributed by atoms with Crippen molar-refractivity contribution in [3.8, 4) is 10.6 Å². The van der Waals surface area contributed by atoms with Gasteiger partial charge in [0.15, 0.2) is 5.69 Å². The number of aromatic amines is 1. The second-order valence-corrected chi connectivity index (χ2v) is 6.16. The maximum absolute atomic E-state index is 12.2. The van der Waals surface area contributed by atoms with Crippen molar-refractivity contribution < 1.29 is 4.79 Å². The topological polar surface area (TPSA) is 57.8 Å². The molecule has 2 N–H and O–H groups in total. The van der Waals surface area contributed by atoms with E-state index in [0.29, 0.717) is 5.69 Å². The van der Waals surface area contributed by atoms with Gasteiger partial charge >= 0.3 is 0 Å². The lowest BCUT2D eigenvalue weighted by molar-refractivity contribution is 0.102. The molecule has 21 heavy (non-hydrogen) atoms. The van der Waals surface area contributed by atoms with Crippen LogP contribution in [0.15, 0.2) is 52.7 Å². The largest absolute Gasteiger partial charge is 0.321 e. The minimum atomic E-state index is -0.215. The number of carbonyl (C=O) groups excluding carboxylic acids is 1. The van der Waals surface area contributed by atoms with E-state index in [9.17, 15) is 4.79 Å². The van der Waals surface area contributed by atoms with Crippen LogP contribution in [-0.2, 0) is 0 Å². The van der Waals surface area contributed by atoms with Crippen LogP contribution in [0.2, 0.25) is 0 Å². The highest BCUT2D eigenvalue weighted by molar-refractivity contribution is 7.98. The molecule has 0 fully saturated rings. The van der Waals surface area contributed by atoms with Crippen LogP contribution in [0.1, 0.15) is 10.5 Å². The second kappa shape index (κ2) is 6.15. The molecule has 2 heterocycles. The zero-order chi connectivity index (χ0) is 14.7. The van der Waals surface area contributed by atoms with Gasteiger partial charge in [0.05, 0.1) is 10.6 Å². The van der Waals surface area contributed by atoms with Gasteiger partial charge in [0.25, 0.3) is 5.91 Å². The first kappa shape index (κ1) is 13.9. The molecule has 1 aromatic carbocycles. The van der Waals surface area contributed by atoms with Gasteiger partial charge in [-0.2, -0.15) is 5.10 Å². The van der Waals surface area contributed by atoms with Crippen LogP contribution in [0, 0.1) is 0 Å². The summed E-state index contributed by atoms with van der Waals surface area (Å²) in [6, 6.07) is 13.4. The van der Waals surface area contributed by atoms with Crippen molar-refractivity contribution in [2.45, 2.75) is 4.90 Å². The van der Waals surface area contributed by atoms with E-state index in [1.807, 2.05) is 48.0 Å². The third-order valence-corrected chi connectivity index (χ3v) is 4.55. The molecule has 6 heteroatoms. The Morgan fingerprint density at radius 3 is 2.95 bits per heavy atom. The SMILES string of the molecule is CSc1cccc(NC(=O)c2cc(-c3cccs3)[nH]n2)c1. The number of nitrogens with one attached hydrogen (secondary N) is 2. The zero-order valence-electron chi connectivity index (χ0n) is 11.3. The molecule has 0 aliphatic rings. The lowest BCUT2D eigenvalue weighted by atomic mass is 10.3. The van der Waals surface area contributed by atoms with Gasteiger partial charge in [-0.25, -0.2) is 0 Å². The fourth-order valence-electron chi connectivity index (χ4n) is 1.89. The van der Waals surface area contributed by atoms with Crippen LogP contribution in [0.3, 0.4) is 0 Å². The van der Waals surface area contributed by atoms with E-state index in [4.69, 9.17) is 0 Å². The highest BCUT2D eigenvalue weighted by Crippen LogP contribution is 2.23. The summed E-state index contributed by atoms with van der Waals surface area (Å²) >= 11 is 3.24. The lowest BCUT2D eigenvalue weighted by Crippen LogP contribution is -2.12. The summed E-state index contributed by atoms with van der Waals surface area (Å²) < 4.78 is 0.